The molecule has 1 saturated carbocycles. The van der Waals surface area contributed by atoms with E-state index in [2.05, 4.69) is 15.6 Å². The summed E-state index contributed by atoms with van der Waals surface area (Å²) in [6.45, 7) is 9.07. The summed E-state index contributed by atoms with van der Waals surface area (Å²) in [7, 11) is 1.80. The number of carbonyl (C=O) groups is 2. The average molecular weight is 489 g/mol. The Morgan fingerprint density at radius 3 is 2.65 bits per heavy atom. The first-order valence-corrected chi connectivity index (χ1v) is 12.2. The van der Waals surface area contributed by atoms with Crippen LogP contribution in [-0.2, 0) is 19.7 Å². The zero-order valence-electron chi connectivity index (χ0n) is 20.9. The maximum absolute atomic E-state index is 13.4. The molecule has 0 spiro atoms. The normalized spacial score (nSPS) is 21.7. The maximum atomic E-state index is 13.4. The molecule has 3 rings (SSSR count). The van der Waals surface area contributed by atoms with E-state index in [4.69, 9.17) is 21.7 Å². The van der Waals surface area contributed by atoms with Gasteiger partial charge in [-0.1, -0.05) is 38.6 Å². The van der Waals surface area contributed by atoms with Gasteiger partial charge < -0.3 is 24.5 Å². The van der Waals surface area contributed by atoms with Crippen LogP contribution in [0.4, 0.5) is 4.79 Å². The molecule has 1 unspecified atom stereocenters. The highest BCUT2D eigenvalue weighted by atomic mass is 32.1. The summed E-state index contributed by atoms with van der Waals surface area (Å²) in [6.07, 6.45) is 7.83. The van der Waals surface area contributed by atoms with Gasteiger partial charge in [-0.3, -0.25) is 0 Å². The highest BCUT2D eigenvalue weighted by molar-refractivity contribution is 7.80. The van der Waals surface area contributed by atoms with Crippen molar-refractivity contribution in [2.75, 3.05) is 7.05 Å². The van der Waals surface area contributed by atoms with Gasteiger partial charge >= 0.3 is 12.1 Å². The minimum atomic E-state index is -0.839. The van der Waals surface area contributed by atoms with Gasteiger partial charge in [0, 0.05) is 25.6 Å². The number of carbonyl (C=O) groups excluding carboxylic acids is 2. The Morgan fingerprint density at radius 1 is 1.26 bits per heavy atom. The Bertz CT molecular complexity index is 1040. The van der Waals surface area contributed by atoms with Crippen LogP contribution in [0.15, 0.2) is 30.7 Å². The Hall–Kier alpha value is -2.68. The fraction of sp³-hybridized carbons (Fsp3) is 0.600. The molecule has 1 amide bonds. The van der Waals surface area contributed by atoms with Gasteiger partial charge in [0.05, 0.1) is 10.4 Å². The quantitative estimate of drug-likeness (QED) is 0.466. The van der Waals surface area contributed by atoms with Gasteiger partial charge in [-0.2, -0.15) is 0 Å². The summed E-state index contributed by atoms with van der Waals surface area (Å²) in [5, 5.41) is 5.85. The van der Waals surface area contributed by atoms with Crippen LogP contribution in [0.5, 0.6) is 0 Å². The van der Waals surface area contributed by atoms with Crippen LogP contribution in [-0.4, -0.2) is 51.2 Å². The monoisotopic (exact) mass is 488 g/mol. The van der Waals surface area contributed by atoms with Crippen molar-refractivity contribution in [3.05, 3.63) is 36.3 Å². The molecule has 8 nitrogen and oxygen atoms in total. The van der Waals surface area contributed by atoms with E-state index in [1.807, 2.05) is 42.8 Å². The van der Waals surface area contributed by atoms with Gasteiger partial charge in [0.25, 0.3) is 0 Å². The predicted molar refractivity (Wildman–Crippen MR) is 135 cm³/mol. The van der Waals surface area contributed by atoms with E-state index < -0.39 is 35.2 Å². The molecule has 1 fully saturated rings. The molecule has 1 aliphatic rings. The molecule has 2 aromatic rings. The van der Waals surface area contributed by atoms with Crippen molar-refractivity contribution >= 4 is 34.9 Å². The first-order chi connectivity index (χ1) is 16.0. The largest absolute Gasteiger partial charge is 0.459 e. The average Bonchev–Trinajstić information content (AvgIpc) is 3.23. The third-order valence-electron chi connectivity index (χ3n) is 6.22. The Morgan fingerprint density at radius 2 is 2.00 bits per heavy atom. The van der Waals surface area contributed by atoms with Gasteiger partial charge in [-0.05, 0) is 57.6 Å². The molecule has 9 heteroatoms. The zero-order chi connectivity index (χ0) is 25.1. The number of rotatable bonds is 6. The number of aromatic nitrogens is 2. The zero-order valence-corrected chi connectivity index (χ0v) is 21.7. The summed E-state index contributed by atoms with van der Waals surface area (Å²) in [6, 6.07) is 3.12. The van der Waals surface area contributed by atoms with Crippen molar-refractivity contribution in [2.45, 2.75) is 83.5 Å². The van der Waals surface area contributed by atoms with Crippen molar-refractivity contribution in [1.82, 2.24) is 20.0 Å². The van der Waals surface area contributed by atoms with Crippen LogP contribution in [0, 0.1) is 5.92 Å². The smallest absolute Gasteiger partial charge is 0.408 e. The van der Waals surface area contributed by atoms with E-state index in [0.29, 0.717) is 11.4 Å². The van der Waals surface area contributed by atoms with Gasteiger partial charge in [0.15, 0.2) is 0 Å². The molecule has 0 radical (unpaired) electrons. The number of thiocarbonyl (C=S) groups is 1. The highest BCUT2D eigenvalue weighted by Gasteiger charge is 2.49. The predicted octanol–water partition coefficient (Wildman–Crippen LogP) is 4.15. The van der Waals surface area contributed by atoms with Crippen molar-refractivity contribution in [2.24, 2.45) is 5.92 Å². The lowest BCUT2D eigenvalue weighted by Gasteiger charge is -2.44. The van der Waals surface area contributed by atoms with Crippen LogP contribution in [0.2, 0.25) is 0 Å². The van der Waals surface area contributed by atoms with Gasteiger partial charge in [0.1, 0.15) is 23.4 Å². The lowest BCUT2D eigenvalue weighted by atomic mass is 9.67. The summed E-state index contributed by atoms with van der Waals surface area (Å²) in [5.74, 6) is -0.670. The van der Waals surface area contributed by atoms with E-state index in [1.165, 1.54) is 0 Å². The fourth-order valence-electron chi connectivity index (χ4n) is 4.57. The van der Waals surface area contributed by atoms with E-state index in [9.17, 15) is 9.59 Å². The third-order valence-corrected chi connectivity index (χ3v) is 6.79. The van der Waals surface area contributed by atoms with Gasteiger partial charge in [0.2, 0.25) is 0 Å². The van der Waals surface area contributed by atoms with Crippen LogP contribution in [0.3, 0.4) is 0 Å². The number of hydrogen-bond acceptors (Lipinski definition) is 6. The number of ether oxygens (including phenoxy) is 2. The molecule has 186 valence electrons. The SMILES string of the molecule is CNC(=S)[C@]1(c2ccc3nccn3c2)CCCC[C@H]1OC(=O)C(NC(=O)OC(C)(C)C)C(C)C. The number of nitrogens with zero attached hydrogens (tertiary/aromatic N) is 2. The van der Waals surface area contributed by atoms with E-state index in [0.717, 1.165) is 30.5 Å². The third kappa shape index (κ3) is 5.51. The van der Waals surface area contributed by atoms with Crippen LogP contribution in [0.25, 0.3) is 5.65 Å². The van der Waals surface area contributed by atoms with E-state index >= 15 is 0 Å². The van der Waals surface area contributed by atoms with Crippen LogP contribution < -0.4 is 10.6 Å². The number of imidazole rings is 1. The minimum Gasteiger partial charge on any atom is -0.459 e. The Balaban J connectivity index is 1.92. The number of amides is 1. The molecule has 0 aliphatic heterocycles. The second-order valence-electron chi connectivity index (χ2n) is 10.2. The first kappa shape index (κ1) is 25.9. The second-order valence-corrected chi connectivity index (χ2v) is 10.6. The topological polar surface area (TPSA) is 94.0 Å². The lowest BCUT2D eigenvalue weighted by Crippen LogP contribution is -2.56. The summed E-state index contributed by atoms with van der Waals surface area (Å²) < 4.78 is 13.5. The molecule has 1 aliphatic carbocycles. The number of fused-ring (bicyclic) bond motifs is 1. The van der Waals surface area contributed by atoms with Crippen molar-refractivity contribution < 1.29 is 19.1 Å². The molecule has 0 saturated heterocycles. The summed E-state index contributed by atoms with van der Waals surface area (Å²) >= 11 is 5.83. The minimum absolute atomic E-state index is 0.184. The number of likely N-dealkylation sites (N-methyl/N-ethyl adjacent to an activating group) is 1. The van der Waals surface area contributed by atoms with Crippen LogP contribution in [0.1, 0.15) is 65.9 Å². The van der Waals surface area contributed by atoms with E-state index in [1.54, 1.807) is 34.0 Å². The van der Waals surface area contributed by atoms with Crippen molar-refractivity contribution in [1.29, 1.82) is 0 Å². The van der Waals surface area contributed by atoms with Gasteiger partial charge in [-0.25, -0.2) is 14.6 Å². The highest BCUT2D eigenvalue weighted by Crippen LogP contribution is 2.42. The molecular weight excluding hydrogens is 452 g/mol. The number of hydrogen-bond donors (Lipinski definition) is 2. The van der Waals surface area contributed by atoms with E-state index in [-0.39, 0.29) is 5.92 Å². The maximum Gasteiger partial charge on any atom is 0.408 e. The molecule has 2 heterocycles. The fourth-order valence-corrected chi connectivity index (χ4v) is 4.93. The number of alkyl carbamates (subject to hydrolysis) is 1. The summed E-state index contributed by atoms with van der Waals surface area (Å²) in [4.78, 5) is 30.7. The Kier molecular flexibility index (Phi) is 7.85. The second kappa shape index (κ2) is 10.3. The van der Waals surface area contributed by atoms with Crippen molar-refractivity contribution in [3.8, 4) is 0 Å². The Labute approximate surface area is 206 Å². The summed E-state index contributed by atoms with van der Waals surface area (Å²) in [5.41, 5.74) is 0.458. The number of nitrogens with one attached hydrogen (secondary N) is 2. The molecular formula is C25H36N4O4S. The van der Waals surface area contributed by atoms with Crippen molar-refractivity contribution in [3.63, 3.8) is 0 Å². The molecule has 34 heavy (non-hydrogen) atoms. The standard InChI is InChI=1S/C25H36N4O4S/c1-16(2)20(28-23(31)33-24(3,4)5)21(30)32-18-9-7-8-12-25(18,22(34)26-6)17-10-11-19-27-13-14-29(19)15-17/h10-11,13-16,18,20H,7-9,12H2,1-6H3,(H,26,34)(H,28,31)/t18-,20?,25+/m1/s1. The lowest BCUT2D eigenvalue weighted by molar-refractivity contribution is -0.157. The molecule has 0 aromatic carbocycles. The van der Waals surface area contributed by atoms with Crippen LogP contribution >= 0.6 is 12.2 Å². The number of esters is 1. The molecule has 0 bridgehead atoms. The number of pyridine rings is 1. The van der Waals surface area contributed by atoms with Gasteiger partial charge in [-0.15, -0.1) is 0 Å². The molecule has 2 aromatic heterocycles. The molecule has 3 atom stereocenters. The molecule has 2 N–H and O–H groups in total. The first-order valence-electron chi connectivity index (χ1n) is 11.8.